The summed E-state index contributed by atoms with van der Waals surface area (Å²) in [5.41, 5.74) is 7.51. The lowest BCUT2D eigenvalue weighted by Crippen LogP contribution is -2.44. The molecule has 0 bridgehead atoms. The molecule has 1 fully saturated rings. The van der Waals surface area contributed by atoms with Crippen LogP contribution in [0.5, 0.6) is 0 Å². The molecule has 0 unspecified atom stereocenters. The molecule has 0 saturated carbocycles. The second-order valence-corrected chi connectivity index (χ2v) is 9.36. The Bertz CT molecular complexity index is 1280. The third kappa shape index (κ3) is 4.95. The van der Waals surface area contributed by atoms with Crippen LogP contribution in [0.25, 0.3) is 27.9 Å². The smallest absolute Gasteiger partial charge is 0.0994 e. The molecule has 1 aromatic heterocycles. The number of nitriles is 1. The Morgan fingerprint density at radius 1 is 1.06 bits per heavy atom. The topological polar surface area (TPSA) is 43.2 Å². The molecule has 0 aliphatic carbocycles. The van der Waals surface area contributed by atoms with Crippen LogP contribution in [-0.2, 0) is 0 Å². The van der Waals surface area contributed by atoms with E-state index in [2.05, 4.69) is 48.1 Å². The Labute approximate surface area is 207 Å². The highest BCUT2D eigenvalue weighted by atomic mass is 35.5. The summed E-state index contributed by atoms with van der Waals surface area (Å²) in [4.78, 5) is 9.67. The molecule has 3 aromatic rings. The summed E-state index contributed by atoms with van der Waals surface area (Å²) in [5, 5.41) is 10.8. The Morgan fingerprint density at radius 2 is 1.79 bits per heavy atom. The maximum Gasteiger partial charge on any atom is 0.0994 e. The van der Waals surface area contributed by atoms with Gasteiger partial charge in [-0.25, -0.2) is 4.98 Å². The molecule has 2 aromatic carbocycles. The van der Waals surface area contributed by atoms with Crippen LogP contribution in [0.3, 0.4) is 0 Å². The summed E-state index contributed by atoms with van der Waals surface area (Å²) in [5.74, 6) is 0. The Kier molecular flexibility index (Phi) is 7.24. The van der Waals surface area contributed by atoms with Crippen LogP contribution in [0.1, 0.15) is 42.9 Å². The average Bonchev–Trinajstić information content (AvgIpc) is 2.86. The number of aryl methyl sites for hydroxylation is 1. The third-order valence-electron chi connectivity index (χ3n) is 6.66. The minimum absolute atomic E-state index is 0.665. The van der Waals surface area contributed by atoms with Crippen molar-refractivity contribution in [1.29, 1.82) is 5.26 Å². The van der Waals surface area contributed by atoms with Crippen molar-refractivity contribution < 1.29 is 0 Å². The molecular formula is C29H31ClN4. The number of pyridine rings is 1. The number of nitrogens with zero attached hydrogens (tertiary/aromatic N) is 4. The molecule has 174 valence electrons. The van der Waals surface area contributed by atoms with E-state index >= 15 is 0 Å². The number of hydrogen-bond acceptors (Lipinski definition) is 4. The average molecular weight is 471 g/mol. The SMILES string of the molecule is C=C(CCCC)N1CCN(C(=C)c2ccc3c(Cl)cc(-c4ccc(C#N)c(C)c4)nc3c2)CC1. The van der Waals surface area contributed by atoms with Gasteiger partial charge in [-0.2, -0.15) is 5.26 Å². The van der Waals surface area contributed by atoms with Crippen LogP contribution < -0.4 is 0 Å². The number of benzene rings is 2. The second-order valence-electron chi connectivity index (χ2n) is 8.95. The maximum absolute atomic E-state index is 9.23. The molecule has 1 aliphatic rings. The highest BCUT2D eigenvalue weighted by Crippen LogP contribution is 2.31. The standard InChI is InChI=1S/C29H31ClN4/c1-5-6-7-21(3)33-12-14-34(15-13-33)22(4)23-10-11-26-27(30)18-28(32-29(26)17-23)24-8-9-25(19-31)20(2)16-24/h8-11,16-18H,3-7,12-15H2,1-2H3. The molecule has 0 radical (unpaired) electrons. The van der Waals surface area contributed by atoms with Gasteiger partial charge in [-0.1, -0.05) is 56.3 Å². The Morgan fingerprint density at radius 3 is 2.47 bits per heavy atom. The highest BCUT2D eigenvalue weighted by molar-refractivity contribution is 6.35. The van der Waals surface area contributed by atoms with Gasteiger partial charge in [-0.15, -0.1) is 0 Å². The molecule has 2 heterocycles. The molecule has 5 heteroatoms. The van der Waals surface area contributed by atoms with Crippen LogP contribution in [0.15, 0.2) is 61.3 Å². The van der Waals surface area contributed by atoms with Crippen molar-refractivity contribution in [3.63, 3.8) is 0 Å². The van der Waals surface area contributed by atoms with Gasteiger partial charge in [0.25, 0.3) is 0 Å². The molecule has 34 heavy (non-hydrogen) atoms. The predicted octanol–water partition coefficient (Wildman–Crippen LogP) is 7.03. The number of hydrogen-bond donors (Lipinski definition) is 0. The van der Waals surface area contributed by atoms with Crippen molar-refractivity contribution in [2.75, 3.05) is 26.2 Å². The normalized spacial score (nSPS) is 13.7. The van der Waals surface area contributed by atoms with Crippen LogP contribution in [0, 0.1) is 18.3 Å². The van der Waals surface area contributed by atoms with E-state index in [4.69, 9.17) is 16.6 Å². The van der Waals surface area contributed by atoms with Crippen LogP contribution in [0.4, 0.5) is 0 Å². The van der Waals surface area contributed by atoms with Crippen LogP contribution in [-0.4, -0.2) is 41.0 Å². The van der Waals surface area contributed by atoms with Crippen molar-refractivity contribution in [2.24, 2.45) is 0 Å². The zero-order chi connectivity index (χ0) is 24.2. The number of rotatable bonds is 7. The first-order valence-corrected chi connectivity index (χ1v) is 12.3. The predicted molar refractivity (Wildman–Crippen MR) is 142 cm³/mol. The van der Waals surface area contributed by atoms with E-state index in [0.29, 0.717) is 10.6 Å². The largest absolute Gasteiger partial charge is 0.372 e. The fraction of sp³-hybridized carbons (Fsp3) is 0.310. The number of unbranched alkanes of at least 4 members (excludes halogenated alkanes) is 1. The molecule has 0 amide bonds. The van der Waals surface area contributed by atoms with Crippen molar-refractivity contribution in [3.05, 3.63) is 83.0 Å². The monoisotopic (exact) mass is 470 g/mol. The lowest BCUT2D eigenvalue weighted by Gasteiger charge is -2.39. The summed E-state index contributed by atoms with van der Waals surface area (Å²) < 4.78 is 0. The molecular weight excluding hydrogens is 440 g/mol. The number of aromatic nitrogens is 1. The van der Waals surface area contributed by atoms with Crippen molar-refractivity contribution in [2.45, 2.75) is 33.1 Å². The van der Waals surface area contributed by atoms with E-state index in [0.717, 1.165) is 71.6 Å². The van der Waals surface area contributed by atoms with E-state index in [9.17, 15) is 5.26 Å². The first-order valence-electron chi connectivity index (χ1n) is 11.9. The van der Waals surface area contributed by atoms with Gasteiger partial charge < -0.3 is 9.80 Å². The summed E-state index contributed by atoms with van der Waals surface area (Å²) in [6.07, 6.45) is 3.47. The highest BCUT2D eigenvalue weighted by Gasteiger charge is 2.20. The zero-order valence-corrected chi connectivity index (χ0v) is 20.8. The number of fused-ring (bicyclic) bond motifs is 1. The van der Waals surface area contributed by atoms with Crippen molar-refractivity contribution in [1.82, 2.24) is 14.8 Å². The Hall–Kier alpha value is -3.29. The van der Waals surface area contributed by atoms with Crippen molar-refractivity contribution >= 4 is 28.2 Å². The molecule has 0 N–H and O–H groups in total. The number of halogens is 1. The van der Waals surface area contributed by atoms with Gasteiger partial charge in [-0.3, -0.25) is 0 Å². The fourth-order valence-corrected chi connectivity index (χ4v) is 4.74. The van der Waals surface area contributed by atoms with Gasteiger partial charge in [0.1, 0.15) is 0 Å². The minimum Gasteiger partial charge on any atom is -0.372 e. The minimum atomic E-state index is 0.665. The third-order valence-corrected chi connectivity index (χ3v) is 6.98. The van der Waals surface area contributed by atoms with Gasteiger partial charge in [0.05, 0.1) is 27.9 Å². The molecule has 1 saturated heterocycles. The van der Waals surface area contributed by atoms with E-state index in [1.165, 1.54) is 18.5 Å². The summed E-state index contributed by atoms with van der Waals surface area (Å²) >= 11 is 6.63. The molecule has 1 aliphatic heterocycles. The van der Waals surface area contributed by atoms with E-state index in [-0.39, 0.29) is 0 Å². The first-order chi connectivity index (χ1) is 16.4. The van der Waals surface area contributed by atoms with Gasteiger partial charge in [0, 0.05) is 48.5 Å². The fourth-order valence-electron chi connectivity index (χ4n) is 4.48. The van der Waals surface area contributed by atoms with Gasteiger partial charge in [0.15, 0.2) is 0 Å². The summed E-state index contributed by atoms with van der Waals surface area (Å²) in [6, 6.07) is 16.0. The van der Waals surface area contributed by atoms with E-state index in [1.807, 2.05) is 37.3 Å². The number of allylic oxidation sites excluding steroid dienone is 1. The molecule has 0 atom stereocenters. The number of piperazine rings is 1. The lowest BCUT2D eigenvalue weighted by molar-refractivity contribution is 0.209. The second kappa shape index (κ2) is 10.3. The molecule has 4 nitrogen and oxygen atoms in total. The van der Waals surface area contributed by atoms with Gasteiger partial charge in [0.2, 0.25) is 0 Å². The van der Waals surface area contributed by atoms with Gasteiger partial charge in [-0.05, 0) is 55.2 Å². The zero-order valence-electron chi connectivity index (χ0n) is 20.1. The van der Waals surface area contributed by atoms with Gasteiger partial charge >= 0.3 is 0 Å². The van der Waals surface area contributed by atoms with E-state index < -0.39 is 0 Å². The van der Waals surface area contributed by atoms with Crippen LogP contribution >= 0.6 is 11.6 Å². The first kappa shape index (κ1) is 23.9. The van der Waals surface area contributed by atoms with Crippen molar-refractivity contribution in [3.8, 4) is 17.3 Å². The Balaban J connectivity index is 1.55. The summed E-state index contributed by atoms with van der Waals surface area (Å²) in [6.45, 7) is 16.6. The quantitative estimate of drug-likeness (QED) is 0.372. The molecule has 4 rings (SSSR count). The van der Waals surface area contributed by atoms with E-state index in [1.54, 1.807) is 0 Å². The summed E-state index contributed by atoms with van der Waals surface area (Å²) in [7, 11) is 0. The lowest BCUT2D eigenvalue weighted by atomic mass is 10.0. The molecule has 0 spiro atoms. The van der Waals surface area contributed by atoms with Crippen LogP contribution in [0.2, 0.25) is 5.02 Å². The maximum atomic E-state index is 9.23.